The standard InChI is InChI=1S/C20H30N4O3/c1-22(2)19(26)20(21-17-7-4-3-5-8-17)9-6-10-24(16-20)18(25)15-23-11-13-27-14-12-23/h3-5,7-8,21H,6,9-16H2,1-2H3. The second-order valence-corrected chi connectivity index (χ2v) is 7.58. The van der Waals surface area contributed by atoms with Crippen molar-refractivity contribution in [3.05, 3.63) is 30.3 Å². The Morgan fingerprint density at radius 2 is 1.85 bits per heavy atom. The number of morpholine rings is 1. The van der Waals surface area contributed by atoms with Gasteiger partial charge in [-0.25, -0.2) is 0 Å². The van der Waals surface area contributed by atoms with E-state index in [0.717, 1.165) is 25.2 Å². The average molecular weight is 374 g/mol. The highest BCUT2D eigenvalue weighted by Gasteiger charge is 2.44. The number of nitrogens with zero attached hydrogens (tertiary/aromatic N) is 3. The number of para-hydroxylation sites is 1. The van der Waals surface area contributed by atoms with Crippen LogP contribution in [-0.2, 0) is 14.3 Å². The Bertz CT molecular complexity index is 646. The fraction of sp³-hybridized carbons (Fsp3) is 0.600. The topological polar surface area (TPSA) is 65.1 Å². The largest absolute Gasteiger partial charge is 0.379 e. The van der Waals surface area contributed by atoms with E-state index in [2.05, 4.69) is 10.2 Å². The molecule has 0 aliphatic carbocycles. The number of hydrogen-bond acceptors (Lipinski definition) is 5. The van der Waals surface area contributed by atoms with Crippen LogP contribution in [0.5, 0.6) is 0 Å². The maximum atomic E-state index is 13.1. The van der Waals surface area contributed by atoms with Gasteiger partial charge in [0.25, 0.3) is 0 Å². The predicted molar refractivity (Wildman–Crippen MR) is 105 cm³/mol. The highest BCUT2D eigenvalue weighted by molar-refractivity contribution is 5.91. The van der Waals surface area contributed by atoms with Gasteiger partial charge in [-0.3, -0.25) is 14.5 Å². The molecule has 1 aromatic carbocycles. The van der Waals surface area contributed by atoms with Gasteiger partial charge >= 0.3 is 0 Å². The minimum atomic E-state index is -0.788. The quantitative estimate of drug-likeness (QED) is 0.829. The number of anilines is 1. The molecule has 148 valence electrons. The molecule has 27 heavy (non-hydrogen) atoms. The Labute approximate surface area is 161 Å². The van der Waals surface area contributed by atoms with Crippen LogP contribution in [-0.4, -0.2) is 92.1 Å². The molecule has 1 N–H and O–H groups in total. The fourth-order valence-electron chi connectivity index (χ4n) is 3.87. The van der Waals surface area contributed by atoms with E-state index in [1.807, 2.05) is 35.2 Å². The first-order valence-corrected chi connectivity index (χ1v) is 9.63. The Morgan fingerprint density at radius 1 is 1.15 bits per heavy atom. The van der Waals surface area contributed by atoms with Gasteiger partial charge in [-0.1, -0.05) is 18.2 Å². The number of rotatable bonds is 5. The summed E-state index contributed by atoms with van der Waals surface area (Å²) in [5.74, 6) is 0.0950. The smallest absolute Gasteiger partial charge is 0.249 e. The van der Waals surface area contributed by atoms with Crippen molar-refractivity contribution in [3.63, 3.8) is 0 Å². The maximum Gasteiger partial charge on any atom is 0.249 e. The summed E-state index contributed by atoms with van der Waals surface area (Å²) in [5, 5.41) is 3.45. The van der Waals surface area contributed by atoms with Crippen molar-refractivity contribution in [2.24, 2.45) is 0 Å². The second-order valence-electron chi connectivity index (χ2n) is 7.58. The molecule has 2 aliphatic rings. The van der Waals surface area contributed by atoms with Gasteiger partial charge in [0.1, 0.15) is 5.54 Å². The zero-order valence-corrected chi connectivity index (χ0v) is 16.3. The van der Waals surface area contributed by atoms with E-state index >= 15 is 0 Å². The number of amides is 2. The lowest BCUT2D eigenvalue weighted by Crippen LogP contribution is -2.63. The minimum absolute atomic E-state index is 0.00947. The van der Waals surface area contributed by atoms with Gasteiger partial charge in [-0.2, -0.15) is 0 Å². The summed E-state index contributed by atoms with van der Waals surface area (Å²) in [7, 11) is 3.54. The maximum absolute atomic E-state index is 13.1. The molecule has 3 rings (SSSR count). The molecule has 2 fully saturated rings. The first-order valence-electron chi connectivity index (χ1n) is 9.63. The summed E-state index contributed by atoms with van der Waals surface area (Å²) in [5.41, 5.74) is 0.110. The van der Waals surface area contributed by atoms with Gasteiger partial charge < -0.3 is 19.9 Å². The van der Waals surface area contributed by atoms with Crippen LogP contribution in [0.2, 0.25) is 0 Å². The molecule has 7 heteroatoms. The van der Waals surface area contributed by atoms with E-state index in [1.54, 1.807) is 19.0 Å². The number of ether oxygens (including phenoxy) is 1. The van der Waals surface area contributed by atoms with Crippen LogP contribution in [0.25, 0.3) is 0 Å². The summed E-state index contributed by atoms with van der Waals surface area (Å²) >= 11 is 0. The number of benzene rings is 1. The Morgan fingerprint density at radius 3 is 2.52 bits per heavy atom. The van der Waals surface area contributed by atoms with Crippen LogP contribution in [0.1, 0.15) is 12.8 Å². The highest BCUT2D eigenvalue weighted by Crippen LogP contribution is 2.28. The van der Waals surface area contributed by atoms with Gasteiger partial charge in [0.05, 0.1) is 26.3 Å². The van der Waals surface area contributed by atoms with Crippen molar-refractivity contribution >= 4 is 17.5 Å². The van der Waals surface area contributed by atoms with E-state index in [0.29, 0.717) is 39.3 Å². The molecule has 1 aromatic rings. The monoisotopic (exact) mass is 374 g/mol. The van der Waals surface area contributed by atoms with E-state index in [1.165, 1.54) is 0 Å². The number of nitrogens with one attached hydrogen (secondary N) is 1. The zero-order valence-electron chi connectivity index (χ0n) is 16.3. The lowest BCUT2D eigenvalue weighted by Gasteiger charge is -2.44. The van der Waals surface area contributed by atoms with Crippen LogP contribution in [0.4, 0.5) is 5.69 Å². The average Bonchev–Trinajstić information content (AvgIpc) is 2.69. The summed E-state index contributed by atoms with van der Waals surface area (Å²) < 4.78 is 5.36. The van der Waals surface area contributed by atoms with Gasteiger partial charge in [0, 0.05) is 39.4 Å². The van der Waals surface area contributed by atoms with Crippen molar-refractivity contribution < 1.29 is 14.3 Å². The molecule has 2 saturated heterocycles. The number of piperidine rings is 1. The van der Waals surface area contributed by atoms with E-state index in [9.17, 15) is 9.59 Å². The number of hydrogen-bond donors (Lipinski definition) is 1. The third-order valence-corrected chi connectivity index (χ3v) is 5.28. The molecular formula is C20H30N4O3. The first kappa shape index (κ1) is 19.6. The molecule has 0 radical (unpaired) electrons. The molecule has 0 bridgehead atoms. The lowest BCUT2D eigenvalue weighted by atomic mass is 9.87. The zero-order chi connectivity index (χ0) is 19.3. The van der Waals surface area contributed by atoms with Crippen molar-refractivity contribution in [3.8, 4) is 0 Å². The van der Waals surface area contributed by atoms with Crippen molar-refractivity contribution in [1.29, 1.82) is 0 Å². The summed E-state index contributed by atoms with van der Waals surface area (Å²) in [6.45, 7) is 4.39. The van der Waals surface area contributed by atoms with Gasteiger partial charge in [0.2, 0.25) is 11.8 Å². The Kier molecular flexibility index (Phi) is 6.34. The van der Waals surface area contributed by atoms with Crippen LogP contribution in [0.15, 0.2) is 30.3 Å². The number of carbonyl (C=O) groups is 2. The summed E-state index contributed by atoms with van der Waals surface area (Å²) in [6, 6.07) is 9.75. The second kappa shape index (κ2) is 8.71. The normalized spacial score (nSPS) is 23.7. The van der Waals surface area contributed by atoms with Crippen molar-refractivity contribution in [2.75, 3.05) is 65.3 Å². The van der Waals surface area contributed by atoms with Crippen molar-refractivity contribution in [2.45, 2.75) is 18.4 Å². The summed E-state index contributed by atoms with van der Waals surface area (Å²) in [6.07, 6.45) is 1.51. The minimum Gasteiger partial charge on any atom is -0.379 e. The third kappa shape index (κ3) is 4.78. The van der Waals surface area contributed by atoms with Crippen molar-refractivity contribution in [1.82, 2.24) is 14.7 Å². The van der Waals surface area contributed by atoms with E-state index < -0.39 is 5.54 Å². The van der Waals surface area contributed by atoms with Crippen LogP contribution in [0.3, 0.4) is 0 Å². The number of carbonyl (C=O) groups excluding carboxylic acids is 2. The molecule has 0 aromatic heterocycles. The summed E-state index contributed by atoms with van der Waals surface area (Å²) in [4.78, 5) is 31.6. The van der Waals surface area contributed by atoms with Gasteiger partial charge in [-0.05, 0) is 25.0 Å². The molecule has 2 amide bonds. The van der Waals surface area contributed by atoms with E-state index in [-0.39, 0.29) is 11.8 Å². The molecule has 0 spiro atoms. The fourth-order valence-corrected chi connectivity index (χ4v) is 3.87. The Hall–Kier alpha value is -2.12. The molecule has 7 nitrogen and oxygen atoms in total. The van der Waals surface area contributed by atoms with Crippen LogP contribution >= 0.6 is 0 Å². The third-order valence-electron chi connectivity index (χ3n) is 5.28. The molecule has 0 saturated carbocycles. The lowest BCUT2D eigenvalue weighted by molar-refractivity contribution is -0.141. The van der Waals surface area contributed by atoms with Gasteiger partial charge in [-0.15, -0.1) is 0 Å². The highest BCUT2D eigenvalue weighted by atomic mass is 16.5. The molecule has 1 atom stereocenters. The number of likely N-dealkylation sites (N-methyl/N-ethyl adjacent to an activating group) is 1. The molecule has 1 unspecified atom stereocenters. The molecular weight excluding hydrogens is 344 g/mol. The van der Waals surface area contributed by atoms with Crippen LogP contribution in [0, 0.1) is 0 Å². The van der Waals surface area contributed by atoms with E-state index in [4.69, 9.17) is 4.74 Å². The first-order chi connectivity index (χ1) is 13.0. The molecule has 2 heterocycles. The van der Waals surface area contributed by atoms with Gasteiger partial charge in [0.15, 0.2) is 0 Å². The molecule has 2 aliphatic heterocycles. The Balaban J connectivity index is 1.74. The SMILES string of the molecule is CN(C)C(=O)C1(Nc2ccccc2)CCCN(C(=O)CN2CCOCC2)C1. The van der Waals surface area contributed by atoms with Crippen LogP contribution < -0.4 is 5.32 Å². The number of likely N-dealkylation sites (tertiary alicyclic amines) is 1. The predicted octanol–water partition coefficient (Wildman–Crippen LogP) is 0.880.